The van der Waals surface area contributed by atoms with Gasteiger partial charge in [0.1, 0.15) is 0 Å². The number of aromatic amines is 1. The quantitative estimate of drug-likeness (QED) is 0.438. The van der Waals surface area contributed by atoms with Crippen molar-refractivity contribution >= 4 is 29.6 Å². The van der Waals surface area contributed by atoms with E-state index in [1.807, 2.05) is 0 Å². The molecule has 0 spiro atoms. The molecule has 0 aliphatic heterocycles. The minimum absolute atomic E-state index is 0. The van der Waals surface area contributed by atoms with Crippen LogP contribution >= 0.6 is 0 Å². The van der Waals surface area contributed by atoms with E-state index in [2.05, 4.69) is 20.6 Å². The number of H-pyrrole nitrogens is 1. The first-order chi connectivity index (χ1) is 2.89. The molecule has 0 aromatic carbocycles. The molecule has 4 nitrogen and oxygen atoms in total. The molecule has 0 saturated carbocycles. The Morgan fingerprint density at radius 2 is 2.29 bits per heavy atom. The third kappa shape index (κ3) is 2.01. The van der Waals surface area contributed by atoms with Gasteiger partial charge in [-0.15, -0.1) is 10.2 Å². The maximum atomic E-state index is 3.57. The van der Waals surface area contributed by atoms with E-state index >= 15 is 0 Å². The zero-order chi connectivity index (χ0) is 4.41. The van der Waals surface area contributed by atoms with Crippen LogP contribution in [0.25, 0.3) is 0 Å². The van der Waals surface area contributed by atoms with Gasteiger partial charge in [0, 0.05) is 29.6 Å². The van der Waals surface area contributed by atoms with Crippen molar-refractivity contribution in [3.8, 4) is 0 Å². The van der Waals surface area contributed by atoms with E-state index in [4.69, 9.17) is 0 Å². The molecule has 0 saturated heterocycles. The molecule has 1 N–H and O–H groups in total. The summed E-state index contributed by atoms with van der Waals surface area (Å²) in [7, 11) is 0. The minimum atomic E-state index is 0. The summed E-state index contributed by atoms with van der Waals surface area (Å²) in [4.78, 5) is 0. The van der Waals surface area contributed by atoms with Crippen LogP contribution in [0.3, 0.4) is 0 Å². The predicted octanol–water partition coefficient (Wildman–Crippen LogP) is -0.873. The second-order valence-electron chi connectivity index (χ2n) is 0.959. The van der Waals surface area contributed by atoms with Gasteiger partial charge in [0.05, 0.1) is 0 Å². The second kappa shape index (κ2) is 3.12. The number of hydrogen-bond donors (Lipinski definition) is 1. The van der Waals surface area contributed by atoms with Crippen LogP contribution in [0, 0.1) is 6.92 Å². The Kier molecular flexibility index (Phi) is 3.15. The van der Waals surface area contributed by atoms with Gasteiger partial charge in [-0.3, -0.25) is 0 Å². The average molecular weight is 107 g/mol. The van der Waals surface area contributed by atoms with Crippen LogP contribution in [0.1, 0.15) is 5.82 Å². The Hall–Kier alpha value is 0.0700. The van der Waals surface area contributed by atoms with Gasteiger partial charge in [-0.2, -0.15) is 5.21 Å². The van der Waals surface area contributed by atoms with Crippen molar-refractivity contribution < 1.29 is 0 Å². The van der Waals surface area contributed by atoms with Gasteiger partial charge in [0.25, 0.3) is 0 Å². The summed E-state index contributed by atoms with van der Waals surface area (Å²) in [6.45, 7) is 1.77. The van der Waals surface area contributed by atoms with Crippen LogP contribution < -0.4 is 0 Å². The van der Waals surface area contributed by atoms with Gasteiger partial charge in [-0.1, -0.05) is 5.21 Å². The smallest absolute Gasteiger partial charge is 0.171 e. The zero-order valence-corrected chi connectivity index (χ0v) is 6.34. The maximum Gasteiger partial charge on any atom is 0.171 e. The number of aryl methyl sites for hydroxylation is 1. The summed E-state index contributed by atoms with van der Waals surface area (Å²) < 4.78 is 0. The maximum absolute atomic E-state index is 3.57. The van der Waals surface area contributed by atoms with Crippen molar-refractivity contribution in [1.29, 1.82) is 0 Å². The van der Waals surface area contributed by atoms with E-state index in [9.17, 15) is 0 Å². The summed E-state index contributed by atoms with van der Waals surface area (Å²) in [5, 5.41) is 12.7. The molecular weight excluding hydrogens is 103 g/mol. The molecule has 0 amide bonds. The Morgan fingerprint density at radius 1 is 1.57 bits per heavy atom. The van der Waals surface area contributed by atoms with Gasteiger partial charge in [-0.05, 0) is 6.92 Å². The Morgan fingerprint density at radius 3 is 2.43 bits per heavy atom. The first-order valence-corrected chi connectivity index (χ1v) is 1.59. The van der Waals surface area contributed by atoms with Crippen LogP contribution in [0.15, 0.2) is 0 Å². The third-order valence-corrected chi connectivity index (χ3v) is 0.451. The van der Waals surface area contributed by atoms with E-state index in [-0.39, 0.29) is 29.6 Å². The number of tetrazole rings is 1. The molecule has 0 aliphatic carbocycles. The SMILES string of the molecule is Cc1nn[nH]n1.[Na]. The molecule has 7 heavy (non-hydrogen) atoms. The molecular formula is C2H4N4Na. The van der Waals surface area contributed by atoms with Crippen molar-refractivity contribution in [3.63, 3.8) is 0 Å². The van der Waals surface area contributed by atoms with E-state index in [1.54, 1.807) is 6.92 Å². The first kappa shape index (κ1) is 7.07. The molecule has 0 atom stereocenters. The summed E-state index contributed by atoms with van der Waals surface area (Å²) in [6, 6.07) is 0. The topological polar surface area (TPSA) is 54.5 Å². The van der Waals surface area contributed by atoms with Crippen LogP contribution in [0.5, 0.6) is 0 Å². The van der Waals surface area contributed by atoms with Crippen molar-refractivity contribution in [3.05, 3.63) is 5.82 Å². The number of nitrogens with one attached hydrogen (secondary N) is 1. The molecule has 33 valence electrons. The molecule has 0 aliphatic rings. The van der Waals surface area contributed by atoms with Crippen molar-refractivity contribution in [2.75, 3.05) is 0 Å². The molecule has 1 heterocycles. The van der Waals surface area contributed by atoms with E-state index in [1.165, 1.54) is 0 Å². The van der Waals surface area contributed by atoms with E-state index in [0.29, 0.717) is 5.82 Å². The molecule has 1 radical (unpaired) electrons. The Bertz CT molecular complexity index is 113. The van der Waals surface area contributed by atoms with Crippen LogP contribution in [-0.4, -0.2) is 50.2 Å². The number of nitrogens with zero attached hydrogens (tertiary/aromatic N) is 3. The van der Waals surface area contributed by atoms with Gasteiger partial charge in [0.2, 0.25) is 0 Å². The first-order valence-electron chi connectivity index (χ1n) is 1.59. The van der Waals surface area contributed by atoms with Crippen molar-refractivity contribution in [1.82, 2.24) is 20.6 Å². The Labute approximate surface area is 63.0 Å². The summed E-state index contributed by atoms with van der Waals surface area (Å²) in [5.41, 5.74) is 0. The van der Waals surface area contributed by atoms with Gasteiger partial charge >= 0.3 is 0 Å². The van der Waals surface area contributed by atoms with Gasteiger partial charge < -0.3 is 0 Å². The fourth-order valence-corrected chi connectivity index (χ4v) is 0.212. The summed E-state index contributed by atoms with van der Waals surface area (Å²) >= 11 is 0. The number of hydrogen-bond acceptors (Lipinski definition) is 3. The van der Waals surface area contributed by atoms with E-state index in [0.717, 1.165) is 0 Å². The molecule has 5 heteroatoms. The standard InChI is InChI=1S/C2H4N4.Na/c1-2-3-5-6-4-2;/h1H3,(H,3,4,5,6);. The fraction of sp³-hybridized carbons (Fsp3) is 0.500. The second-order valence-corrected chi connectivity index (χ2v) is 0.959. The zero-order valence-electron chi connectivity index (χ0n) is 4.34. The molecule has 1 rings (SSSR count). The van der Waals surface area contributed by atoms with Crippen molar-refractivity contribution in [2.45, 2.75) is 6.92 Å². The average Bonchev–Trinajstić information content (AvgIpc) is 1.86. The minimum Gasteiger partial charge on any atom is -0.177 e. The summed E-state index contributed by atoms with van der Waals surface area (Å²) in [5.74, 6) is 0.676. The fourth-order valence-electron chi connectivity index (χ4n) is 0.212. The third-order valence-electron chi connectivity index (χ3n) is 0.451. The molecule has 1 aromatic rings. The monoisotopic (exact) mass is 107 g/mol. The number of aromatic nitrogens is 4. The van der Waals surface area contributed by atoms with Crippen LogP contribution in [0.2, 0.25) is 0 Å². The van der Waals surface area contributed by atoms with Crippen molar-refractivity contribution in [2.24, 2.45) is 0 Å². The molecule has 0 fully saturated rings. The molecule has 0 unspecified atom stereocenters. The van der Waals surface area contributed by atoms with Crippen LogP contribution in [0.4, 0.5) is 0 Å². The largest absolute Gasteiger partial charge is 0.177 e. The summed E-state index contributed by atoms with van der Waals surface area (Å²) in [6.07, 6.45) is 0. The number of rotatable bonds is 0. The normalized spacial score (nSPS) is 7.57. The molecule has 0 bridgehead atoms. The Balaban J connectivity index is 0.000000360. The predicted molar refractivity (Wildman–Crippen MR) is 24.7 cm³/mol. The molecule has 1 aromatic heterocycles. The van der Waals surface area contributed by atoms with Gasteiger partial charge in [-0.25, -0.2) is 0 Å². The van der Waals surface area contributed by atoms with Gasteiger partial charge in [0.15, 0.2) is 5.82 Å². The van der Waals surface area contributed by atoms with E-state index < -0.39 is 0 Å². The van der Waals surface area contributed by atoms with Crippen LogP contribution in [-0.2, 0) is 0 Å².